The van der Waals surface area contributed by atoms with Crippen LogP contribution < -0.4 is 0 Å². The van der Waals surface area contributed by atoms with Gasteiger partial charge in [-0.3, -0.25) is 9.59 Å². The van der Waals surface area contributed by atoms with Crippen LogP contribution in [0.3, 0.4) is 0 Å². The highest BCUT2D eigenvalue weighted by atomic mass is 16.5. The number of ether oxygens (including phenoxy) is 1. The number of ketones is 1. The molecule has 0 bridgehead atoms. The Hall–Kier alpha value is -1.19. The van der Waals surface area contributed by atoms with Crippen molar-refractivity contribution in [3.63, 3.8) is 0 Å². The molecule has 0 spiro atoms. The second-order valence-corrected chi connectivity index (χ2v) is 2.05. The topological polar surface area (TPSA) is 60.4 Å². The van der Waals surface area contributed by atoms with Crippen LogP contribution in [0.4, 0.5) is 0 Å². The Kier molecular flexibility index (Phi) is 4.98. The van der Waals surface area contributed by atoms with Crippen molar-refractivity contribution in [2.45, 2.75) is 19.8 Å². The van der Waals surface area contributed by atoms with Gasteiger partial charge in [-0.25, -0.2) is 0 Å². The SMILES string of the molecule is CC(=O)CC(=O)OCCC=O. The van der Waals surface area contributed by atoms with E-state index in [-0.39, 0.29) is 25.2 Å². The highest BCUT2D eigenvalue weighted by Gasteiger charge is 2.04. The molecule has 0 aromatic heterocycles. The van der Waals surface area contributed by atoms with Crippen LogP contribution >= 0.6 is 0 Å². The molecule has 0 atom stereocenters. The zero-order valence-electron chi connectivity index (χ0n) is 6.33. The third-order valence-corrected chi connectivity index (χ3v) is 0.892. The molecule has 0 saturated carbocycles. The van der Waals surface area contributed by atoms with Crippen LogP contribution in [0.25, 0.3) is 0 Å². The van der Waals surface area contributed by atoms with Gasteiger partial charge in [-0.1, -0.05) is 0 Å². The maximum Gasteiger partial charge on any atom is 0.313 e. The van der Waals surface area contributed by atoms with Crippen molar-refractivity contribution in [3.05, 3.63) is 0 Å². The van der Waals surface area contributed by atoms with E-state index in [1.165, 1.54) is 6.92 Å². The van der Waals surface area contributed by atoms with Gasteiger partial charge < -0.3 is 9.53 Å². The number of esters is 1. The average Bonchev–Trinajstić information content (AvgIpc) is 1.86. The van der Waals surface area contributed by atoms with Crippen LogP contribution in [-0.4, -0.2) is 24.6 Å². The van der Waals surface area contributed by atoms with E-state index >= 15 is 0 Å². The van der Waals surface area contributed by atoms with Crippen LogP contribution in [0.15, 0.2) is 0 Å². The number of rotatable bonds is 5. The first-order valence-corrected chi connectivity index (χ1v) is 3.25. The summed E-state index contributed by atoms with van der Waals surface area (Å²) in [6.07, 6.45) is 0.629. The summed E-state index contributed by atoms with van der Waals surface area (Å²) in [6.45, 7) is 1.37. The molecule has 0 N–H and O–H groups in total. The van der Waals surface area contributed by atoms with E-state index in [4.69, 9.17) is 0 Å². The van der Waals surface area contributed by atoms with Gasteiger partial charge in [0.25, 0.3) is 0 Å². The minimum absolute atomic E-state index is 0.0651. The van der Waals surface area contributed by atoms with Crippen molar-refractivity contribution in [1.82, 2.24) is 0 Å². The molecule has 62 valence electrons. The lowest BCUT2D eigenvalue weighted by atomic mass is 10.3. The molecule has 4 heteroatoms. The van der Waals surface area contributed by atoms with Gasteiger partial charge in [-0.2, -0.15) is 0 Å². The molecule has 0 aromatic rings. The maximum absolute atomic E-state index is 10.6. The fourth-order valence-electron chi connectivity index (χ4n) is 0.475. The molecule has 0 aliphatic rings. The van der Waals surface area contributed by atoms with E-state index in [0.717, 1.165) is 0 Å². The molecule has 0 fully saturated rings. The lowest BCUT2D eigenvalue weighted by Gasteiger charge is -1.98. The lowest BCUT2D eigenvalue weighted by Crippen LogP contribution is -2.09. The summed E-state index contributed by atoms with van der Waals surface area (Å²) in [7, 11) is 0. The van der Waals surface area contributed by atoms with Crippen molar-refractivity contribution >= 4 is 18.0 Å². The summed E-state index contributed by atoms with van der Waals surface area (Å²) < 4.78 is 4.50. The Balaban J connectivity index is 3.37. The van der Waals surface area contributed by atoms with Gasteiger partial charge in [0.05, 0.1) is 6.61 Å². The summed E-state index contributed by atoms with van der Waals surface area (Å²) in [5.41, 5.74) is 0. The Labute approximate surface area is 64.5 Å². The third kappa shape index (κ3) is 6.70. The standard InChI is InChI=1S/C7H10O4/c1-6(9)5-7(10)11-4-2-3-8/h3H,2,4-5H2,1H3. The summed E-state index contributed by atoms with van der Waals surface area (Å²) in [4.78, 5) is 30.6. The highest BCUT2D eigenvalue weighted by molar-refractivity contribution is 5.94. The molecule has 4 nitrogen and oxygen atoms in total. The highest BCUT2D eigenvalue weighted by Crippen LogP contribution is 1.88. The first kappa shape index (κ1) is 9.81. The maximum atomic E-state index is 10.6. The lowest BCUT2D eigenvalue weighted by molar-refractivity contribution is -0.145. The Morgan fingerprint density at radius 1 is 1.45 bits per heavy atom. The predicted molar refractivity (Wildman–Crippen MR) is 36.9 cm³/mol. The van der Waals surface area contributed by atoms with Gasteiger partial charge >= 0.3 is 5.97 Å². The van der Waals surface area contributed by atoms with Crippen LogP contribution in [0, 0.1) is 0 Å². The number of Topliss-reactive ketones (excluding diaryl/α,β-unsaturated/α-hetero) is 1. The minimum Gasteiger partial charge on any atom is -0.465 e. The van der Waals surface area contributed by atoms with E-state index in [0.29, 0.717) is 6.29 Å². The fourth-order valence-corrected chi connectivity index (χ4v) is 0.475. The van der Waals surface area contributed by atoms with Crippen molar-refractivity contribution in [1.29, 1.82) is 0 Å². The Bertz CT molecular complexity index is 162. The van der Waals surface area contributed by atoms with E-state index in [1.54, 1.807) is 0 Å². The van der Waals surface area contributed by atoms with Crippen LogP contribution in [-0.2, 0) is 19.1 Å². The molecular formula is C7H10O4. The monoisotopic (exact) mass is 158 g/mol. The molecule has 0 aliphatic carbocycles. The number of aldehydes is 1. The number of carbonyl (C=O) groups is 3. The van der Waals surface area contributed by atoms with Crippen LogP contribution in [0.1, 0.15) is 19.8 Å². The van der Waals surface area contributed by atoms with E-state index < -0.39 is 5.97 Å². The molecule has 0 radical (unpaired) electrons. The summed E-state index contributed by atoms with van der Waals surface area (Å²) >= 11 is 0. The smallest absolute Gasteiger partial charge is 0.313 e. The van der Waals surface area contributed by atoms with Crippen molar-refractivity contribution in [2.75, 3.05) is 6.61 Å². The average molecular weight is 158 g/mol. The van der Waals surface area contributed by atoms with Gasteiger partial charge in [0.1, 0.15) is 18.5 Å². The fraction of sp³-hybridized carbons (Fsp3) is 0.571. The number of hydrogen-bond donors (Lipinski definition) is 0. The van der Waals surface area contributed by atoms with E-state index in [2.05, 4.69) is 4.74 Å². The molecule has 0 amide bonds. The molecule has 11 heavy (non-hydrogen) atoms. The zero-order valence-corrected chi connectivity index (χ0v) is 6.33. The van der Waals surface area contributed by atoms with Crippen molar-refractivity contribution < 1.29 is 19.1 Å². The molecule has 0 heterocycles. The van der Waals surface area contributed by atoms with E-state index in [9.17, 15) is 14.4 Å². The second-order valence-electron chi connectivity index (χ2n) is 2.05. The van der Waals surface area contributed by atoms with Gasteiger partial charge in [-0.05, 0) is 6.92 Å². The minimum atomic E-state index is -0.570. The zero-order chi connectivity index (χ0) is 8.69. The second kappa shape index (κ2) is 5.58. The molecule has 0 rings (SSSR count). The quantitative estimate of drug-likeness (QED) is 0.246. The van der Waals surface area contributed by atoms with Crippen molar-refractivity contribution in [3.8, 4) is 0 Å². The summed E-state index contributed by atoms with van der Waals surface area (Å²) in [6, 6.07) is 0. The van der Waals surface area contributed by atoms with Gasteiger partial charge in [0.2, 0.25) is 0 Å². The largest absolute Gasteiger partial charge is 0.465 e. The first-order chi connectivity index (χ1) is 5.16. The summed E-state index contributed by atoms with van der Waals surface area (Å²) in [5.74, 6) is -0.805. The molecule has 0 aliphatic heterocycles. The van der Waals surface area contributed by atoms with Gasteiger partial charge in [0, 0.05) is 6.42 Å². The molecule has 0 aromatic carbocycles. The number of hydrogen-bond acceptors (Lipinski definition) is 4. The van der Waals surface area contributed by atoms with Gasteiger partial charge in [-0.15, -0.1) is 0 Å². The third-order valence-electron chi connectivity index (χ3n) is 0.892. The normalized spacial score (nSPS) is 8.82. The molecular weight excluding hydrogens is 148 g/mol. The first-order valence-electron chi connectivity index (χ1n) is 3.25. The van der Waals surface area contributed by atoms with E-state index in [1.807, 2.05) is 0 Å². The predicted octanol–water partition coefficient (Wildman–Crippen LogP) is 0.0977. The Morgan fingerprint density at radius 2 is 2.09 bits per heavy atom. The van der Waals surface area contributed by atoms with Crippen molar-refractivity contribution in [2.24, 2.45) is 0 Å². The van der Waals surface area contributed by atoms with Crippen LogP contribution in [0.2, 0.25) is 0 Å². The van der Waals surface area contributed by atoms with Gasteiger partial charge in [0.15, 0.2) is 0 Å². The number of carbonyl (C=O) groups excluding carboxylic acids is 3. The molecule has 0 unspecified atom stereocenters. The Morgan fingerprint density at radius 3 is 2.55 bits per heavy atom. The summed E-state index contributed by atoms with van der Waals surface area (Å²) in [5, 5.41) is 0. The molecule has 0 saturated heterocycles. The van der Waals surface area contributed by atoms with Crippen LogP contribution in [0.5, 0.6) is 0 Å².